The first-order valence-electron chi connectivity index (χ1n) is 6.59. The SMILES string of the molecule is Cc1cc(CO)cnc1N1CCCC(N(C)C)C1. The highest BCUT2D eigenvalue weighted by Crippen LogP contribution is 2.23. The normalized spacial score (nSPS) is 20.5. The summed E-state index contributed by atoms with van der Waals surface area (Å²) in [5, 5.41) is 9.12. The summed E-state index contributed by atoms with van der Waals surface area (Å²) < 4.78 is 0. The molecule has 0 bridgehead atoms. The predicted molar refractivity (Wildman–Crippen MR) is 73.8 cm³/mol. The number of aryl methyl sites for hydroxylation is 1. The zero-order valence-electron chi connectivity index (χ0n) is 11.6. The van der Waals surface area contributed by atoms with Gasteiger partial charge in [-0.25, -0.2) is 4.98 Å². The first-order chi connectivity index (χ1) is 8.61. The van der Waals surface area contributed by atoms with Gasteiger partial charge in [0.05, 0.1) is 6.61 Å². The van der Waals surface area contributed by atoms with Crippen LogP contribution in [0.2, 0.25) is 0 Å². The van der Waals surface area contributed by atoms with Crippen molar-refractivity contribution in [2.75, 3.05) is 32.1 Å². The Balaban J connectivity index is 2.15. The van der Waals surface area contributed by atoms with Gasteiger partial charge in [0.2, 0.25) is 0 Å². The van der Waals surface area contributed by atoms with Gasteiger partial charge in [0, 0.05) is 25.3 Å². The van der Waals surface area contributed by atoms with Crippen LogP contribution in [0.15, 0.2) is 12.3 Å². The molecule has 0 radical (unpaired) electrons. The molecule has 18 heavy (non-hydrogen) atoms. The van der Waals surface area contributed by atoms with Crippen molar-refractivity contribution in [3.8, 4) is 0 Å². The van der Waals surface area contributed by atoms with Crippen LogP contribution in [0.1, 0.15) is 24.0 Å². The van der Waals surface area contributed by atoms with Gasteiger partial charge in [0.1, 0.15) is 5.82 Å². The molecule has 0 amide bonds. The zero-order chi connectivity index (χ0) is 13.1. The van der Waals surface area contributed by atoms with Crippen molar-refractivity contribution in [2.45, 2.75) is 32.4 Å². The third-order valence-electron chi connectivity index (χ3n) is 3.72. The molecule has 1 aliphatic heterocycles. The molecule has 1 unspecified atom stereocenters. The quantitative estimate of drug-likeness (QED) is 0.879. The number of aliphatic hydroxyl groups is 1. The van der Waals surface area contributed by atoms with Gasteiger partial charge in [-0.3, -0.25) is 0 Å². The maximum atomic E-state index is 9.12. The molecule has 0 aromatic carbocycles. The molecule has 4 heteroatoms. The predicted octanol–water partition coefficient (Wildman–Crippen LogP) is 1.41. The van der Waals surface area contributed by atoms with E-state index in [9.17, 15) is 0 Å². The van der Waals surface area contributed by atoms with Crippen molar-refractivity contribution >= 4 is 5.82 Å². The van der Waals surface area contributed by atoms with Crippen LogP contribution in [0.25, 0.3) is 0 Å². The number of hydrogen-bond donors (Lipinski definition) is 1. The summed E-state index contributed by atoms with van der Waals surface area (Å²) in [6, 6.07) is 2.64. The zero-order valence-corrected chi connectivity index (χ0v) is 11.6. The summed E-state index contributed by atoms with van der Waals surface area (Å²) in [4.78, 5) is 9.17. The molecule has 1 atom stereocenters. The molecule has 1 N–H and O–H groups in total. The number of aromatic nitrogens is 1. The van der Waals surface area contributed by atoms with Crippen LogP contribution in [0, 0.1) is 6.92 Å². The molecule has 2 rings (SSSR count). The van der Waals surface area contributed by atoms with Gasteiger partial charge in [-0.2, -0.15) is 0 Å². The molecule has 4 nitrogen and oxygen atoms in total. The summed E-state index contributed by atoms with van der Waals surface area (Å²) >= 11 is 0. The standard InChI is InChI=1S/C14H23N3O/c1-11-7-12(10-18)8-15-14(11)17-6-4-5-13(9-17)16(2)3/h7-8,13,18H,4-6,9-10H2,1-3H3. The maximum Gasteiger partial charge on any atom is 0.131 e. The smallest absolute Gasteiger partial charge is 0.131 e. The summed E-state index contributed by atoms with van der Waals surface area (Å²) in [5.74, 6) is 1.07. The molecular formula is C14H23N3O. The van der Waals surface area contributed by atoms with Gasteiger partial charge in [0.15, 0.2) is 0 Å². The van der Waals surface area contributed by atoms with E-state index < -0.39 is 0 Å². The van der Waals surface area contributed by atoms with Gasteiger partial charge < -0.3 is 14.9 Å². The number of pyridine rings is 1. The van der Waals surface area contributed by atoms with E-state index in [1.807, 2.05) is 6.07 Å². The number of aliphatic hydroxyl groups excluding tert-OH is 1. The molecule has 1 aromatic rings. The Morgan fingerprint density at radius 1 is 1.50 bits per heavy atom. The van der Waals surface area contributed by atoms with Crippen molar-refractivity contribution in [2.24, 2.45) is 0 Å². The molecule has 1 fully saturated rings. The Bertz CT molecular complexity index is 406. The highest BCUT2D eigenvalue weighted by atomic mass is 16.3. The van der Waals surface area contributed by atoms with E-state index in [1.54, 1.807) is 6.20 Å². The first-order valence-corrected chi connectivity index (χ1v) is 6.59. The lowest BCUT2D eigenvalue weighted by Gasteiger charge is -2.37. The van der Waals surface area contributed by atoms with E-state index in [1.165, 1.54) is 12.8 Å². The van der Waals surface area contributed by atoms with Gasteiger partial charge >= 0.3 is 0 Å². The number of likely N-dealkylation sites (N-methyl/N-ethyl adjacent to an activating group) is 1. The van der Waals surface area contributed by atoms with Crippen molar-refractivity contribution in [3.05, 3.63) is 23.4 Å². The Morgan fingerprint density at radius 2 is 2.28 bits per heavy atom. The molecule has 1 saturated heterocycles. The number of rotatable bonds is 3. The van der Waals surface area contributed by atoms with Crippen LogP contribution < -0.4 is 4.90 Å². The second kappa shape index (κ2) is 5.67. The fourth-order valence-corrected chi connectivity index (χ4v) is 2.61. The maximum absolute atomic E-state index is 9.12. The second-order valence-corrected chi connectivity index (χ2v) is 5.35. The van der Waals surface area contributed by atoms with Crippen molar-refractivity contribution in [3.63, 3.8) is 0 Å². The molecule has 0 aliphatic carbocycles. The Hall–Kier alpha value is -1.13. The van der Waals surface area contributed by atoms with Gasteiger partial charge in [-0.15, -0.1) is 0 Å². The lowest BCUT2D eigenvalue weighted by molar-refractivity contribution is 0.257. The summed E-state index contributed by atoms with van der Waals surface area (Å²) in [7, 11) is 4.28. The Morgan fingerprint density at radius 3 is 2.89 bits per heavy atom. The van der Waals surface area contributed by atoms with Crippen LogP contribution in [0.5, 0.6) is 0 Å². The monoisotopic (exact) mass is 249 g/mol. The average molecular weight is 249 g/mol. The minimum Gasteiger partial charge on any atom is -0.392 e. The van der Waals surface area contributed by atoms with E-state index >= 15 is 0 Å². The largest absolute Gasteiger partial charge is 0.392 e. The van der Waals surface area contributed by atoms with Gasteiger partial charge in [0.25, 0.3) is 0 Å². The number of piperidine rings is 1. The molecule has 100 valence electrons. The molecule has 1 aromatic heterocycles. The van der Waals surface area contributed by atoms with E-state index in [-0.39, 0.29) is 6.61 Å². The van der Waals surface area contributed by atoms with Crippen molar-refractivity contribution in [1.82, 2.24) is 9.88 Å². The highest BCUT2D eigenvalue weighted by molar-refractivity contribution is 5.47. The molecular weight excluding hydrogens is 226 g/mol. The van der Waals surface area contributed by atoms with Crippen molar-refractivity contribution in [1.29, 1.82) is 0 Å². The van der Waals surface area contributed by atoms with E-state index in [2.05, 4.69) is 35.8 Å². The van der Waals surface area contributed by atoms with Gasteiger partial charge in [-0.1, -0.05) is 0 Å². The number of anilines is 1. The molecule has 0 spiro atoms. The Kier molecular flexibility index (Phi) is 4.19. The summed E-state index contributed by atoms with van der Waals surface area (Å²) in [6.07, 6.45) is 4.25. The van der Waals surface area contributed by atoms with Crippen LogP contribution in [-0.4, -0.2) is 48.2 Å². The minimum absolute atomic E-state index is 0.0639. The molecule has 1 aliphatic rings. The number of nitrogens with zero attached hydrogens (tertiary/aromatic N) is 3. The third kappa shape index (κ3) is 2.82. The number of hydrogen-bond acceptors (Lipinski definition) is 4. The fraction of sp³-hybridized carbons (Fsp3) is 0.643. The van der Waals surface area contributed by atoms with Crippen LogP contribution >= 0.6 is 0 Å². The van der Waals surface area contributed by atoms with E-state index in [4.69, 9.17) is 5.11 Å². The highest BCUT2D eigenvalue weighted by Gasteiger charge is 2.23. The van der Waals surface area contributed by atoms with Gasteiger partial charge in [-0.05, 0) is 51.1 Å². The second-order valence-electron chi connectivity index (χ2n) is 5.35. The lowest BCUT2D eigenvalue weighted by atomic mass is 10.0. The minimum atomic E-state index is 0.0639. The fourth-order valence-electron chi connectivity index (χ4n) is 2.61. The lowest BCUT2D eigenvalue weighted by Crippen LogP contribution is -2.45. The van der Waals surface area contributed by atoms with Crippen LogP contribution in [0.4, 0.5) is 5.82 Å². The average Bonchev–Trinajstić information content (AvgIpc) is 2.38. The van der Waals surface area contributed by atoms with Crippen LogP contribution in [0.3, 0.4) is 0 Å². The van der Waals surface area contributed by atoms with E-state index in [0.29, 0.717) is 6.04 Å². The topological polar surface area (TPSA) is 39.6 Å². The summed E-state index contributed by atoms with van der Waals surface area (Å²) in [6.45, 7) is 4.26. The van der Waals surface area contributed by atoms with E-state index in [0.717, 1.165) is 30.0 Å². The third-order valence-corrected chi connectivity index (χ3v) is 3.72. The van der Waals surface area contributed by atoms with Crippen LogP contribution in [-0.2, 0) is 6.61 Å². The summed E-state index contributed by atoms with van der Waals surface area (Å²) in [5.41, 5.74) is 2.04. The van der Waals surface area contributed by atoms with Crippen molar-refractivity contribution < 1.29 is 5.11 Å². The molecule has 0 saturated carbocycles. The molecule has 2 heterocycles. The Labute approximate surface area is 109 Å². The first kappa shape index (κ1) is 13.3.